The summed E-state index contributed by atoms with van der Waals surface area (Å²) in [5.41, 5.74) is 0. The van der Waals surface area contributed by atoms with Gasteiger partial charge in [0.05, 0.1) is 5.75 Å². The average Bonchev–Trinajstić information content (AvgIpc) is 3.22. The third-order valence-corrected chi connectivity index (χ3v) is 5.44. The number of aromatic nitrogens is 2. The summed E-state index contributed by atoms with van der Waals surface area (Å²) in [5, 5.41) is 10.4. The van der Waals surface area contributed by atoms with Gasteiger partial charge in [-0.1, -0.05) is 17.8 Å². The van der Waals surface area contributed by atoms with Crippen molar-refractivity contribution in [3.8, 4) is 0 Å². The van der Waals surface area contributed by atoms with Crippen LogP contribution in [0.5, 0.6) is 0 Å². The highest BCUT2D eigenvalue weighted by atomic mass is 32.2. The molecule has 1 aliphatic heterocycles. The van der Waals surface area contributed by atoms with Crippen LogP contribution in [-0.2, 0) is 4.79 Å². The Morgan fingerprint density at radius 3 is 3.17 bits per heavy atom. The molecule has 1 fully saturated rings. The van der Waals surface area contributed by atoms with Crippen LogP contribution in [0.1, 0.15) is 37.0 Å². The molecular weight excluding hydrogens is 330 g/mol. The molecule has 23 heavy (non-hydrogen) atoms. The fourth-order valence-corrected chi connectivity index (χ4v) is 3.83. The van der Waals surface area contributed by atoms with Crippen LogP contribution in [0, 0.1) is 0 Å². The van der Waals surface area contributed by atoms with Gasteiger partial charge in [0.1, 0.15) is 0 Å². The van der Waals surface area contributed by atoms with E-state index in [9.17, 15) is 4.79 Å². The van der Waals surface area contributed by atoms with Crippen LogP contribution < -0.4 is 0 Å². The zero-order chi connectivity index (χ0) is 16.1. The number of thiophene rings is 1. The van der Waals surface area contributed by atoms with Crippen LogP contribution in [0.3, 0.4) is 0 Å². The lowest BCUT2D eigenvalue weighted by Crippen LogP contribution is -2.42. The lowest BCUT2D eigenvalue weighted by atomic mass is 10.0. The monoisotopic (exact) mass is 349 g/mol. The van der Waals surface area contributed by atoms with Gasteiger partial charge in [0.25, 0.3) is 5.22 Å². The maximum absolute atomic E-state index is 12.3. The Morgan fingerprint density at radius 1 is 1.48 bits per heavy atom. The van der Waals surface area contributed by atoms with Gasteiger partial charge in [-0.05, 0) is 43.7 Å². The van der Waals surface area contributed by atoms with Gasteiger partial charge in [0, 0.05) is 23.5 Å². The zero-order valence-corrected chi connectivity index (χ0v) is 14.6. The summed E-state index contributed by atoms with van der Waals surface area (Å²) >= 11 is 2.95. The number of nitrogens with zero attached hydrogens (tertiary/aromatic N) is 3. The molecule has 2 aromatic rings. The molecule has 7 heteroatoms. The van der Waals surface area contributed by atoms with Gasteiger partial charge in [-0.15, -0.1) is 21.5 Å². The first-order chi connectivity index (χ1) is 11.2. The molecule has 0 aliphatic carbocycles. The second-order valence-electron chi connectivity index (χ2n) is 5.48. The minimum Gasteiger partial charge on any atom is -0.412 e. The van der Waals surface area contributed by atoms with Gasteiger partial charge in [-0.3, -0.25) is 4.79 Å². The van der Waals surface area contributed by atoms with Crippen molar-refractivity contribution in [2.75, 3.05) is 12.3 Å². The highest BCUT2D eigenvalue weighted by Gasteiger charge is 2.23. The summed E-state index contributed by atoms with van der Waals surface area (Å²) in [6, 6.07) is 4.35. The number of rotatable bonds is 5. The van der Waals surface area contributed by atoms with E-state index in [-0.39, 0.29) is 5.91 Å². The van der Waals surface area contributed by atoms with Gasteiger partial charge in [0.15, 0.2) is 0 Å². The molecule has 1 aliphatic rings. The van der Waals surface area contributed by atoms with Gasteiger partial charge >= 0.3 is 0 Å². The van der Waals surface area contributed by atoms with Crippen molar-refractivity contribution in [1.82, 2.24) is 15.1 Å². The SMILES string of the molecule is CC1CCCCN1C(=O)CSc1nnc(/C=C/c2cccs2)o1. The molecule has 1 saturated heterocycles. The number of carbonyl (C=O) groups is 1. The fraction of sp³-hybridized carbons (Fsp3) is 0.438. The molecular formula is C16H19N3O2S2. The minimum absolute atomic E-state index is 0.149. The molecule has 5 nitrogen and oxygen atoms in total. The highest BCUT2D eigenvalue weighted by Crippen LogP contribution is 2.21. The first kappa shape index (κ1) is 16.3. The molecule has 0 saturated carbocycles. The van der Waals surface area contributed by atoms with Gasteiger partial charge in [-0.25, -0.2) is 0 Å². The molecule has 0 aromatic carbocycles. The van der Waals surface area contributed by atoms with E-state index < -0.39 is 0 Å². The topological polar surface area (TPSA) is 59.2 Å². The lowest BCUT2D eigenvalue weighted by Gasteiger charge is -2.33. The molecule has 2 aromatic heterocycles. The molecule has 0 radical (unpaired) electrons. The third kappa shape index (κ3) is 4.45. The van der Waals surface area contributed by atoms with Crippen molar-refractivity contribution >= 4 is 41.2 Å². The normalized spacial score (nSPS) is 18.7. The Morgan fingerprint density at radius 2 is 2.39 bits per heavy atom. The molecule has 122 valence electrons. The van der Waals surface area contributed by atoms with E-state index in [1.54, 1.807) is 17.4 Å². The summed E-state index contributed by atoms with van der Waals surface area (Å²) in [4.78, 5) is 15.4. The predicted octanol–water partition coefficient (Wildman–Crippen LogP) is 3.79. The number of amides is 1. The standard InChI is InChI=1S/C16H19N3O2S2/c1-12-5-2-3-9-19(12)15(20)11-23-16-18-17-14(21-16)8-7-13-6-4-10-22-13/h4,6-8,10,12H,2-3,5,9,11H2,1H3/b8-7+. The van der Waals surface area contributed by atoms with Crippen LogP contribution >= 0.6 is 23.1 Å². The number of hydrogen-bond acceptors (Lipinski definition) is 6. The van der Waals surface area contributed by atoms with Crippen molar-refractivity contribution < 1.29 is 9.21 Å². The minimum atomic E-state index is 0.149. The fourth-order valence-electron chi connectivity index (χ4n) is 2.56. The smallest absolute Gasteiger partial charge is 0.277 e. The van der Waals surface area contributed by atoms with E-state index in [0.29, 0.717) is 22.9 Å². The van der Waals surface area contributed by atoms with E-state index in [4.69, 9.17) is 4.42 Å². The number of thioether (sulfide) groups is 1. The lowest BCUT2D eigenvalue weighted by molar-refractivity contribution is -0.131. The molecule has 1 unspecified atom stereocenters. The van der Waals surface area contributed by atoms with Crippen molar-refractivity contribution in [3.63, 3.8) is 0 Å². The number of likely N-dealkylation sites (tertiary alicyclic amines) is 1. The van der Waals surface area contributed by atoms with Crippen LogP contribution in [0.2, 0.25) is 0 Å². The van der Waals surface area contributed by atoms with Gasteiger partial charge in [0.2, 0.25) is 11.8 Å². The Hall–Kier alpha value is -1.60. The molecule has 1 amide bonds. The summed E-state index contributed by atoms with van der Waals surface area (Å²) < 4.78 is 5.53. The molecule has 0 bridgehead atoms. The predicted molar refractivity (Wildman–Crippen MR) is 93.3 cm³/mol. The molecule has 3 rings (SSSR count). The summed E-state index contributed by atoms with van der Waals surface area (Å²) in [7, 11) is 0. The maximum atomic E-state index is 12.3. The third-order valence-electron chi connectivity index (χ3n) is 3.80. The van der Waals surface area contributed by atoms with E-state index in [1.165, 1.54) is 18.2 Å². The largest absolute Gasteiger partial charge is 0.412 e. The molecule has 3 heterocycles. The first-order valence-electron chi connectivity index (χ1n) is 7.70. The second-order valence-corrected chi connectivity index (χ2v) is 7.38. The Bertz CT molecular complexity index is 667. The van der Waals surface area contributed by atoms with Crippen molar-refractivity contribution in [1.29, 1.82) is 0 Å². The quantitative estimate of drug-likeness (QED) is 0.769. The number of carbonyl (C=O) groups excluding carboxylic acids is 1. The van der Waals surface area contributed by atoms with Crippen molar-refractivity contribution in [2.45, 2.75) is 37.5 Å². The summed E-state index contributed by atoms with van der Waals surface area (Å²) in [5.74, 6) is 0.955. The molecule has 0 spiro atoms. The average molecular weight is 349 g/mol. The zero-order valence-electron chi connectivity index (χ0n) is 13.0. The Balaban J connectivity index is 1.52. The van der Waals surface area contributed by atoms with Crippen LogP contribution in [0.4, 0.5) is 0 Å². The highest BCUT2D eigenvalue weighted by molar-refractivity contribution is 7.99. The summed E-state index contributed by atoms with van der Waals surface area (Å²) in [6.07, 6.45) is 7.12. The Kier molecular flexibility index (Phi) is 5.51. The van der Waals surface area contributed by atoms with Crippen molar-refractivity contribution in [2.24, 2.45) is 0 Å². The van der Waals surface area contributed by atoms with Crippen LogP contribution in [0.15, 0.2) is 27.2 Å². The van der Waals surface area contributed by atoms with Crippen molar-refractivity contribution in [3.05, 3.63) is 28.3 Å². The van der Waals surface area contributed by atoms with Gasteiger partial charge < -0.3 is 9.32 Å². The number of piperidine rings is 1. The first-order valence-corrected chi connectivity index (χ1v) is 9.56. The van der Waals surface area contributed by atoms with Crippen LogP contribution in [-0.4, -0.2) is 39.3 Å². The van der Waals surface area contributed by atoms with E-state index in [2.05, 4.69) is 17.1 Å². The van der Waals surface area contributed by atoms with Gasteiger partial charge in [-0.2, -0.15) is 0 Å². The maximum Gasteiger partial charge on any atom is 0.277 e. The van der Waals surface area contributed by atoms with E-state index in [0.717, 1.165) is 24.3 Å². The second kappa shape index (κ2) is 7.79. The number of hydrogen-bond donors (Lipinski definition) is 0. The Labute approximate surface area is 143 Å². The van der Waals surface area contributed by atoms with Crippen LogP contribution in [0.25, 0.3) is 12.2 Å². The molecule has 0 N–H and O–H groups in total. The summed E-state index contributed by atoms with van der Waals surface area (Å²) in [6.45, 7) is 2.97. The van der Waals surface area contributed by atoms with E-state index >= 15 is 0 Å². The van der Waals surface area contributed by atoms with E-state index in [1.807, 2.05) is 28.5 Å². The molecule has 1 atom stereocenters.